The average molecular weight is 316 g/mol. The van der Waals surface area contributed by atoms with Crippen LogP contribution >= 0.6 is 11.6 Å². The van der Waals surface area contributed by atoms with Gasteiger partial charge in [0.2, 0.25) is 0 Å². The molecule has 5 nitrogen and oxygen atoms in total. The first-order valence-corrected chi connectivity index (χ1v) is 6.93. The zero-order valence-corrected chi connectivity index (χ0v) is 12.0. The van der Waals surface area contributed by atoms with E-state index < -0.39 is 17.7 Å². The Bertz CT molecular complexity index is 544. The number of aliphatic carboxylic acids is 1. The van der Waals surface area contributed by atoms with Gasteiger partial charge in [0.05, 0.1) is 16.7 Å². The molecule has 1 amide bonds. The lowest BCUT2D eigenvalue weighted by Crippen LogP contribution is -2.41. The molecule has 0 atom stereocenters. The highest BCUT2D eigenvalue weighted by Crippen LogP contribution is 2.21. The maximum atomic E-state index is 13.8. The molecule has 2 rings (SSSR count). The maximum Gasteiger partial charge on any atom is 0.329 e. The number of halogens is 2. The first-order chi connectivity index (χ1) is 9.99. The first kappa shape index (κ1) is 15.7. The lowest BCUT2D eigenvalue weighted by Gasteiger charge is -2.31. The molecule has 0 saturated carbocycles. The highest BCUT2D eigenvalue weighted by Gasteiger charge is 2.26. The summed E-state index contributed by atoms with van der Waals surface area (Å²) in [6.07, 6.45) is 0.872. The number of piperidine rings is 1. The van der Waals surface area contributed by atoms with Gasteiger partial charge in [-0.05, 0) is 25.0 Å². The van der Waals surface area contributed by atoms with Gasteiger partial charge in [-0.25, -0.2) is 9.18 Å². The number of likely N-dealkylation sites (tertiary alicyclic amines) is 1. The normalized spacial score (nSPS) is 16.0. The quantitative estimate of drug-likeness (QED) is 0.925. The Morgan fingerprint density at radius 3 is 2.67 bits per heavy atom. The van der Waals surface area contributed by atoms with E-state index in [0.29, 0.717) is 25.9 Å². The summed E-state index contributed by atoms with van der Waals surface area (Å²) >= 11 is 5.67. The molecule has 0 aromatic heterocycles. The van der Waals surface area contributed by atoms with E-state index in [-0.39, 0.29) is 23.3 Å². The molecular formula is C14H15ClFNO4. The number of carboxylic acids is 1. The van der Waals surface area contributed by atoms with Crippen LogP contribution in [0.2, 0.25) is 5.02 Å². The maximum absolute atomic E-state index is 13.8. The molecule has 1 fully saturated rings. The zero-order chi connectivity index (χ0) is 15.4. The second-order valence-corrected chi connectivity index (χ2v) is 5.20. The van der Waals surface area contributed by atoms with E-state index in [1.54, 1.807) is 0 Å². The molecule has 0 spiro atoms. The van der Waals surface area contributed by atoms with Crippen LogP contribution in [0.25, 0.3) is 0 Å². The Morgan fingerprint density at radius 2 is 2.05 bits per heavy atom. The minimum absolute atomic E-state index is 0.0487. The van der Waals surface area contributed by atoms with Gasteiger partial charge in [-0.15, -0.1) is 0 Å². The van der Waals surface area contributed by atoms with Crippen LogP contribution in [0.1, 0.15) is 23.2 Å². The van der Waals surface area contributed by atoms with Crippen molar-refractivity contribution in [3.8, 4) is 0 Å². The van der Waals surface area contributed by atoms with Gasteiger partial charge < -0.3 is 14.7 Å². The Morgan fingerprint density at radius 1 is 1.38 bits per heavy atom. The molecule has 0 aliphatic carbocycles. The van der Waals surface area contributed by atoms with Crippen molar-refractivity contribution in [1.82, 2.24) is 4.90 Å². The number of carboxylic acid groups (broad SMARTS) is 1. The van der Waals surface area contributed by atoms with Crippen molar-refractivity contribution in [3.63, 3.8) is 0 Å². The molecule has 1 aromatic rings. The Hall–Kier alpha value is -1.66. The van der Waals surface area contributed by atoms with Crippen LogP contribution < -0.4 is 0 Å². The van der Waals surface area contributed by atoms with Crippen molar-refractivity contribution in [1.29, 1.82) is 0 Å². The van der Waals surface area contributed by atoms with E-state index in [1.807, 2.05) is 0 Å². The van der Waals surface area contributed by atoms with Crippen molar-refractivity contribution in [2.45, 2.75) is 18.9 Å². The number of ether oxygens (including phenoxy) is 1. The van der Waals surface area contributed by atoms with Crippen LogP contribution in [0, 0.1) is 5.82 Å². The van der Waals surface area contributed by atoms with E-state index in [9.17, 15) is 14.0 Å². The number of nitrogens with zero attached hydrogens (tertiary/aromatic N) is 1. The molecule has 1 aliphatic heterocycles. The summed E-state index contributed by atoms with van der Waals surface area (Å²) in [7, 11) is 0. The van der Waals surface area contributed by atoms with Gasteiger partial charge in [0, 0.05) is 13.1 Å². The number of carbonyl (C=O) groups is 2. The first-order valence-electron chi connectivity index (χ1n) is 6.55. The molecule has 114 valence electrons. The largest absolute Gasteiger partial charge is 0.480 e. The van der Waals surface area contributed by atoms with E-state index in [1.165, 1.54) is 23.1 Å². The fraction of sp³-hybridized carbons (Fsp3) is 0.429. The predicted molar refractivity (Wildman–Crippen MR) is 73.9 cm³/mol. The van der Waals surface area contributed by atoms with E-state index in [0.717, 1.165) is 0 Å². The van der Waals surface area contributed by atoms with Crippen LogP contribution in [0.15, 0.2) is 18.2 Å². The zero-order valence-electron chi connectivity index (χ0n) is 11.2. The molecule has 21 heavy (non-hydrogen) atoms. The van der Waals surface area contributed by atoms with Gasteiger partial charge >= 0.3 is 5.97 Å². The minimum Gasteiger partial charge on any atom is -0.480 e. The minimum atomic E-state index is -1.02. The van der Waals surface area contributed by atoms with Gasteiger partial charge in [0.1, 0.15) is 6.61 Å². The molecule has 1 aliphatic rings. The highest BCUT2D eigenvalue weighted by molar-refractivity contribution is 6.31. The number of hydrogen-bond acceptors (Lipinski definition) is 3. The van der Waals surface area contributed by atoms with Gasteiger partial charge in [-0.3, -0.25) is 4.79 Å². The van der Waals surface area contributed by atoms with Crippen LogP contribution in [0.5, 0.6) is 0 Å². The number of rotatable bonds is 4. The van der Waals surface area contributed by atoms with Crippen LogP contribution in [0.4, 0.5) is 4.39 Å². The standard InChI is InChI=1S/C14H15ClFNO4/c15-11-3-1-2-10(13(11)16)14(20)17-6-4-9(5-7-17)21-8-12(18)19/h1-3,9H,4-8H2,(H,18,19). The van der Waals surface area contributed by atoms with Crippen LogP contribution in [0.3, 0.4) is 0 Å². The highest BCUT2D eigenvalue weighted by atomic mass is 35.5. The second kappa shape index (κ2) is 6.87. The summed E-state index contributed by atoms with van der Waals surface area (Å²) < 4.78 is 19.0. The smallest absolute Gasteiger partial charge is 0.329 e. The topological polar surface area (TPSA) is 66.8 Å². The van der Waals surface area contributed by atoms with Crippen LogP contribution in [-0.4, -0.2) is 47.7 Å². The van der Waals surface area contributed by atoms with Crippen molar-refractivity contribution < 1.29 is 23.8 Å². The molecule has 0 bridgehead atoms. The molecule has 0 unspecified atom stereocenters. The molecular weight excluding hydrogens is 301 g/mol. The monoisotopic (exact) mass is 315 g/mol. The third-order valence-electron chi connectivity index (χ3n) is 3.35. The number of amides is 1. The molecule has 1 saturated heterocycles. The van der Waals surface area contributed by atoms with E-state index >= 15 is 0 Å². The molecule has 1 N–H and O–H groups in total. The van der Waals surface area contributed by atoms with Gasteiger partial charge in [0.15, 0.2) is 5.82 Å². The fourth-order valence-electron chi connectivity index (χ4n) is 2.25. The summed E-state index contributed by atoms with van der Waals surface area (Å²) in [5, 5.41) is 8.46. The van der Waals surface area contributed by atoms with Crippen molar-refractivity contribution in [2.24, 2.45) is 0 Å². The number of hydrogen-bond donors (Lipinski definition) is 1. The Labute approximate surface area is 126 Å². The van der Waals surface area contributed by atoms with Crippen molar-refractivity contribution in [2.75, 3.05) is 19.7 Å². The molecule has 7 heteroatoms. The van der Waals surface area contributed by atoms with E-state index in [4.69, 9.17) is 21.4 Å². The van der Waals surface area contributed by atoms with Crippen molar-refractivity contribution >= 4 is 23.5 Å². The van der Waals surface area contributed by atoms with E-state index in [2.05, 4.69) is 0 Å². The lowest BCUT2D eigenvalue weighted by molar-refractivity contribution is -0.145. The lowest BCUT2D eigenvalue weighted by atomic mass is 10.1. The average Bonchev–Trinajstić information content (AvgIpc) is 2.48. The third kappa shape index (κ3) is 3.92. The Kier molecular flexibility index (Phi) is 5.14. The van der Waals surface area contributed by atoms with Crippen molar-refractivity contribution in [3.05, 3.63) is 34.6 Å². The molecule has 1 aromatic carbocycles. The van der Waals surface area contributed by atoms with Gasteiger partial charge in [0.25, 0.3) is 5.91 Å². The Balaban J connectivity index is 1.94. The predicted octanol–water partition coefficient (Wildman–Crippen LogP) is 2.18. The molecule has 0 radical (unpaired) electrons. The summed E-state index contributed by atoms with van der Waals surface area (Å²) in [5.41, 5.74) is -0.0487. The number of benzene rings is 1. The van der Waals surface area contributed by atoms with Gasteiger partial charge in [-0.1, -0.05) is 17.7 Å². The molecule has 1 heterocycles. The third-order valence-corrected chi connectivity index (χ3v) is 3.65. The summed E-state index contributed by atoms with van der Waals surface area (Å²) in [6.45, 7) is 0.450. The summed E-state index contributed by atoms with van der Waals surface area (Å²) in [6, 6.07) is 4.32. The SMILES string of the molecule is O=C(O)COC1CCN(C(=O)c2cccc(Cl)c2F)CC1. The fourth-order valence-corrected chi connectivity index (χ4v) is 2.43. The number of carbonyl (C=O) groups excluding carboxylic acids is 1. The second-order valence-electron chi connectivity index (χ2n) is 4.80. The summed E-state index contributed by atoms with van der Waals surface area (Å²) in [5.74, 6) is -2.14. The van der Waals surface area contributed by atoms with Crippen LogP contribution in [-0.2, 0) is 9.53 Å². The van der Waals surface area contributed by atoms with Gasteiger partial charge in [-0.2, -0.15) is 0 Å². The summed E-state index contributed by atoms with van der Waals surface area (Å²) in [4.78, 5) is 24.2.